The molecule has 20 heavy (non-hydrogen) atoms. The van der Waals surface area contributed by atoms with E-state index in [1.54, 1.807) is 24.0 Å². The first kappa shape index (κ1) is 12.1. The van der Waals surface area contributed by atoms with Crippen LogP contribution >= 0.6 is 0 Å². The molecule has 100 valence electrons. The van der Waals surface area contributed by atoms with Gasteiger partial charge in [0.05, 0.1) is 18.9 Å². The van der Waals surface area contributed by atoms with E-state index >= 15 is 0 Å². The van der Waals surface area contributed by atoms with Crippen molar-refractivity contribution in [2.75, 3.05) is 0 Å². The van der Waals surface area contributed by atoms with Gasteiger partial charge >= 0.3 is 5.82 Å². The Kier molecular flexibility index (Phi) is 2.79. The molecule has 0 saturated carbocycles. The summed E-state index contributed by atoms with van der Waals surface area (Å²) in [5, 5.41) is 15.1. The first-order valence-corrected chi connectivity index (χ1v) is 5.94. The molecule has 3 rings (SSSR count). The molecule has 0 unspecified atom stereocenters. The molecule has 0 aliphatic heterocycles. The van der Waals surface area contributed by atoms with Crippen LogP contribution in [-0.4, -0.2) is 24.3 Å². The van der Waals surface area contributed by atoms with Crippen LogP contribution in [0.25, 0.3) is 17.2 Å². The standard InChI is InChI=1S/C13H11N5O2/c1-16-12(18(19)20)9-14-13(16)11-7-8-15-17(11)10-5-3-2-4-6-10/h2-9H,1H3. The van der Waals surface area contributed by atoms with Crippen LogP contribution in [0.5, 0.6) is 0 Å². The lowest BCUT2D eigenvalue weighted by molar-refractivity contribution is -0.391. The summed E-state index contributed by atoms with van der Waals surface area (Å²) >= 11 is 0. The van der Waals surface area contributed by atoms with Gasteiger partial charge in [0.15, 0.2) is 0 Å². The number of aromatic nitrogens is 4. The third-order valence-corrected chi connectivity index (χ3v) is 3.02. The van der Waals surface area contributed by atoms with Crippen molar-refractivity contribution in [1.82, 2.24) is 19.3 Å². The fourth-order valence-corrected chi connectivity index (χ4v) is 2.06. The summed E-state index contributed by atoms with van der Waals surface area (Å²) in [4.78, 5) is 14.5. The van der Waals surface area contributed by atoms with Crippen molar-refractivity contribution in [3.63, 3.8) is 0 Å². The summed E-state index contributed by atoms with van der Waals surface area (Å²) in [6.07, 6.45) is 2.89. The Bertz CT molecular complexity index is 760. The van der Waals surface area contributed by atoms with Crippen molar-refractivity contribution >= 4 is 5.82 Å². The average molecular weight is 269 g/mol. The normalized spacial score (nSPS) is 10.7. The number of nitro groups is 1. The molecule has 0 bridgehead atoms. The number of rotatable bonds is 3. The lowest BCUT2D eigenvalue weighted by Gasteiger charge is -2.05. The largest absolute Gasteiger partial charge is 0.358 e. The van der Waals surface area contributed by atoms with E-state index in [0.717, 1.165) is 5.69 Å². The maximum Gasteiger partial charge on any atom is 0.342 e. The molecule has 0 aliphatic rings. The minimum absolute atomic E-state index is 0.0548. The molecule has 0 aliphatic carbocycles. The first-order chi connectivity index (χ1) is 9.68. The number of hydrogen-bond donors (Lipinski definition) is 0. The molecular weight excluding hydrogens is 258 g/mol. The van der Waals surface area contributed by atoms with E-state index in [1.807, 2.05) is 30.3 Å². The summed E-state index contributed by atoms with van der Waals surface area (Å²) < 4.78 is 3.14. The van der Waals surface area contributed by atoms with E-state index < -0.39 is 4.92 Å². The third kappa shape index (κ3) is 1.85. The fourth-order valence-electron chi connectivity index (χ4n) is 2.06. The van der Waals surface area contributed by atoms with Gasteiger partial charge in [0.2, 0.25) is 5.82 Å². The molecule has 0 saturated heterocycles. The maximum atomic E-state index is 10.9. The van der Waals surface area contributed by atoms with Gasteiger partial charge in [-0.1, -0.05) is 18.2 Å². The minimum Gasteiger partial charge on any atom is -0.358 e. The number of hydrogen-bond acceptors (Lipinski definition) is 4. The van der Waals surface area contributed by atoms with Crippen LogP contribution in [0, 0.1) is 10.1 Å². The quantitative estimate of drug-likeness (QED) is 0.539. The number of para-hydroxylation sites is 1. The van der Waals surface area contributed by atoms with E-state index in [-0.39, 0.29) is 5.82 Å². The van der Waals surface area contributed by atoms with Crippen molar-refractivity contribution in [3.8, 4) is 17.2 Å². The smallest absolute Gasteiger partial charge is 0.342 e. The van der Waals surface area contributed by atoms with Crippen LogP contribution in [0.4, 0.5) is 5.82 Å². The second-order valence-electron chi connectivity index (χ2n) is 4.22. The van der Waals surface area contributed by atoms with Crippen LogP contribution in [0.1, 0.15) is 0 Å². The van der Waals surface area contributed by atoms with Gasteiger partial charge in [-0.25, -0.2) is 14.2 Å². The van der Waals surface area contributed by atoms with Crippen LogP contribution in [0.15, 0.2) is 48.8 Å². The van der Waals surface area contributed by atoms with Gasteiger partial charge in [-0.15, -0.1) is 0 Å². The predicted octanol–water partition coefficient (Wildman–Crippen LogP) is 2.18. The Balaban J connectivity index is 2.13. The monoisotopic (exact) mass is 269 g/mol. The fraction of sp³-hybridized carbons (Fsp3) is 0.0769. The molecule has 2 heterocycles. The zero-order valence-electron chi connectivity index (χ0n) is 10.7. The minimum atomic E-state index is -0.459. The first-order valence-electron chi connectivity index (χ1n) is 5.94. The van der Waals surface area contributed by atoms with Crippen molar-refractivity contribution in [1.29, 1.82) is 0 Å². The Labute approximate surface area is 114 Å². The second-order valence-corrected chi connectivity index (χ2v) is 4.22. The Hall–Kier alpha value is -2.96. The van der Waals surface area contributed by atoms with Gasteiger partial charge in [0.25, 0.3) is 0 Å². The highest BCUT2D eigenvalue weighted by molar-refractivity contribution is 5.56. The summed E-state index contributed by atoms with van der Waals surface area (Å²) in [7, 11) is 1.61. The van der Waals surface area contributed by atoms with Gasteiger partial charge in [-0.05, 0) is 23.1 Å². The Morgan fingerprint density at radius 3 is 2.60 bits per heavy atom. The molecule has 0 fully saturated rings. The summed E-state index contributed by atoms with van der Waals surface area (Å²) in [6, 6.07) is 11.3. The molecule has 2 aromatic heterocycles. The highest BCUT2D eigenvalue weighted by Gasteiger charge is 2.21. The second kappa shape index (κ2) is 4.61. The molecule has 7 heteroatoms. The lowest BCUT2D eigenvalue weighted by Crippen LogP contribution is -2.04. The number of imidazole rings is 1. The van der Waals surface area contributed by atoms with Gasteiger partial charge in [-0.3, -0.25) is 0 Å². The van der Waals surface area contributed by atoms with E-state index in [4.69, 9.17) is 0 Å². The van der Waals surface area contributed by atoms with Crippen LogP contribution in [0.2, 0.25) is 0 Å². The maximum absolute atomic E-state index is 10.9. The average Bonchev–Trinajstić information content (AvgIpc) is 3.05. The van der Waals surface area contributed by atoms with E-state index in [2.05, 4.69) is 10.1 Å². The van der Waals surface area contributed by atoms with Crippen LogP contribution in [-0.2, 0) is 7.05 Å². The Morgan fingerprint density at radius 1 is 1.20 bits per heavy atom. The highest BCUT2D eigenvalue weighted by Crippen LogP contribution is 2.24. The van der Waals surface area contributed by atoms with Gasteiger partial charge in [0, 0.05) is 0 Å². The van der Waals surface area contributed by atoms with Crippen molar-refractivity contribution < 1.29 is 4.92 Å². The van der Waals surface area contributed by atoms with Crippen LogP contribution < -0.4 is 0 Å². The zero-order chi connectivity index (χ0) is 14.1. The molecule has 7 nitrogen and oxygen atoms in total. The van der Waals surface area contributed by atoms with Crippen molar-refractivity contribution in [2.24, 2.45) is 7.05 Å². The van der Waals surface area contributed by atoms with E-state index in [0.29, 0.717) is 11.5 Å². The van der Waals surface area contributed by atoms with Gasteiger partial charge < -0.3 is 10.1 Å². The van der Waals surface area contributed by atoms with Crippen molar-refractivity contribution in [2.45, 2.75) is 0 Å². The number of nitrogens with zero attached hydrogens (tertiary/aromatic N) is 5. The zero-order valence-corrected chi connectivity index (χ0v) is 10.7. The SMILES string of the molecule is Cn1c([N+](=O)[O-])cnc1-c1ccnn1-c1ccccc1. The lowest BCUT2D eigenvalue weighted by atomic mass is 10.3. The predicted molar refractivity (Wildman–Crippen MR) is 72.4 cm³/mol. The molecule has 0 radical (unpaired) electrons. The Morgan fingerprint density at radius 2 is 1.95 bits per heavy atom. The van der Waals surface area contributed by atoms with E-state index in [1.165, 1.54) is 10.8 Å². The summed E-state index contributed by atoms with van der Waals surface area (Å²) in [6.45, 7) is 0. The molecule has 0 atom stereocenters. The molecule has 0 N–H and O–H groups in total. The van der Waals surface area contributed by atoms with Gasteiger partial charge in [-0.2, -0.15) is 5.10 Å². The number of benzene rings is 1. The molecule has 0 amide bonds. The van der Waals surface area contributed by atoms with Gasteiger partial charge in [0.1, 0.15) is 11.9 Å². The summed E-state index contributed by atoms with van der Waals surface area (Å²) in [5.74, 6) is 0.443. The molecule has 3 aromatic rings. The van der Waals surface area contributed by atoms with Crippen molar-refractivity contribution in [3.05, 3.63) is 58.9 Å². The highest BCUT2D eigenvalue weighted by atomic mass is 16.6. The molecular formula is C13H11N5O2. The molecule has 0 spiro atoms. The third-order valence-electron chi connectivity index (χ3n) is 3.02. The van der Waals surface area contributed by atoms with E-state index in [9.17, 15) is 10.1 Å². The topological polar surface area (TPSA) is 78.8 Å². The summed E-state index contributed by atoms with van der Waals surface area (Å²) in [5.41, 5.74) is 1.57. The molecule has 1 aromatic carbocycles. The van der Waals surface area contributed by atoms with Crippen LogP contribution in [0.3, 0.4) is 0 Å².